The molecule has 112 valence electrons. The molecule has 0 spiro atoms. The Morgan fingerprint density at radius 2 is 2.00 bits per heavy atom. The van der Waals surface area contributed by atoms with Crippen LogP contribution < -0.4 is 5.32 Å². The van der Waals surface area contributed by atoms with E-state index < -0.39 is 0 Å². The first-order chi connectivity index (χ1) is 10.2. The molecular formula is C16H20BrN3O. The van der Waals surface area contributed by atoms with Gasteiger partial charge in [-0.1, -0.05) is 27.2 Å². The van der Waals surface area contributed by atoms with Crippen molar-refractivity contribution in [1.82, 2.24) is 15.5 Å². The zero-order valence-electron chi connectivity index (χ0n) is 12.4. The van der Waals surface area contributed by atoms with E-state index in [0.29, 0.717) is 17.8 Å². The second kappa shape index (κ2) is 6.28. The Hall–Kier alpha value is -1.20. The Morgan fingerprint density at radius 3 is 2.67 bits per heavy atom. The van der Waals surface area contributed by atoms with Gasteiger partial charge >= 0.3 is 0 Å². The first-order valence-electron chi connectivity index (χ1n) is 7.44. The van der Waals surface area contributed by atoms with Gasteiger partial charge in [-0.25, -0.2) is 0 Å². The minimum Gasteiger partial charge on any atom is -0.339 e. The SMILES string of the molecule is CNC1CCC(c2nc(-c3ccc(C)cc3Br)no2)CC1. The summed E-state index contributed by atoms with van der Waals surface area (Å²) in [6.07, 6.45) is 4.57. The number of nitrogens with zero attached hydrogens (tertiary/aromatic N) is 2. The summed E-state index contributed by atoms with van der Waals surface area (Å²) < 4.78 is 6.52. The summed E-state index contributed by atoms with van der Waals surface area (Å²) in [4.78, 5) is 4.62. The number of halogens is 1. The topological polar surface area (TPSA) is 51.0 Å². The second-order valence-corrected chi connectivity index (χ2v) is 6.63. The number of aryl methyl sites for hydroxylation is 1. The van der Waals surface area contributed by atoms with Crippen LogP contribution in [0.25, 0.3) is 11.4 Å². The maximum atomic E-state index is 5.51. The Bertz CT molecular complexity index is 618. The van der Waals surface area contributed by atoms with Gasteiger partial charge in [-0.2, -0.15) is 4.98 Å². The van der Waals surface area contributed by atoms with E-state index in [2.05, 4.69) is 50.4 Å². The summed E-state index contributed by atoms with van der Waals surface area (Å²) in [6, 6.07) is 6.80. The minimum absolute atomic E-state index is 0.403. The molecule has 0 unspecified atom stereocenters. The van der Waals surface area contributed by atoms with Gasteiger partial charge in [0, 0.05) is 22.0 Å². The van der Waals surface area contributed by atoms with Gasteiger partial charge in [-0.3, -0.25) is 0 Å². The van der Waals surface area contributed by atoms with Crippen molar-refractivity contribution < 1.29 is 4.52 Å². The minimum atomic E-state index is 0.403. The van der Waals surface area contributed by atoms with Crippen molar-refractivity contribution in [2.24, 2.45) is 0 Å². The second-order valence-electron chi connectivity index (χ2n) is 5.78. The van der Waals surface area contributed by atoms with Crippen molar-refractivity contribution in [2.75, 3.05) is 7.05 Å². The summed E-state index contributed by atoms with van der Waals surface area (Å²) in [5.74, 6) is 1.86. The Labute approximate surface area is 133 Å². The summed E-state index contributed by atoms with van der Waals surface area (Å²) in [6.45, 7) is 2.07. The standard InChI is InChI=1S/C16H20BrN3O/c1-10-3-8-13(14(17)9-10)15-19-16(21-20-15)11-4-6-12(18-2)7-5-11/h3,8-9,11-12,18H,4-7H2,1-2H3. The molecule has 0 aliphatic heterocycles. The Kier molecular flexibility index (Phi) is 4.40. The lowest BCUT2D eigenvalue weighted by atomic mass is 9.86. The molecule has 5 heteroatoms. The number of nitrogens with one attached hydrogen (secondary N) is 1. The number of aromatic nitrogens is 2. The van der Waals surface area contributed by atoms with Gasteiger partial charge in [-0.05, 0) is 57.4 Å². The molecule has 0 bridgehead atoms. The van der Waals surface area contributed by atoms with Crippen molar-refractivity contribution in [3.8, 4) is 11.4 Å². The number of hydrogen-bond donors (Lipinski definition) is 1. The van der Waals surface area contributed by atoms with Gasteiger partial charge in [0.15, 0.2) is 0 Å². The predicted molar refractivity (Wildman–Crippen MR) is 86.2 cm³/mol. The monoisotopic (exact) mass is 349 g/mol. The van der Waals surface area contributed by atoms with Gasteiger partial charge in [-0.15, -0.1) is 0 Å². The maximum Gasteiger partial charge on any atom is 0.230 e. The molecule has 4 nitrogen and oxygen atoms in total. The smallest absolute Gasteiger partial charge is 0.230 e. The quantitative estimate of drug-likeness (QED) is 0.907. The van der Waals surface area contributed by atoms with E-state index in [4.69, 9.17) is 4.52 Å². The van der Waals surface area contributed by atoms with Crippen LogP contribution in [0.2, 0.25) is 0 Å². The van der Waals surface area contributed by atoms with E-state index in [1.165, 1.54) is 18.4 Å². The molecule has 0 atom stereocenters. The van der Waals surface area contributed by atoms with E-state index >= 15 is 0 Å². The molecule has 3 rings (SSSR count). The van der Waals surface area contributed by atoms with Crippen LogP contribution in [0.5, 0.6) is 0 Å². The molecule has 1 aliphatic carbocycles. The summed E-state index contributed by atoms with van der Waals surface area (Å²) >= 11 is 3.58. The summed E-state index contributed by atoms with van der Waals surface area (Å²) in [5, 5.41) is 7.51. The molecule has 1 aliphatic rings. The van der Waals surface area contributed by atoms with E-state index in [-0.39, 0.29) is 0 Å². The average molecular weight is 350 g/mol. The van der Waals surface area contributed by atoms with Crippen LogP contribution in [-0.2, 0) is 0 Å². The average Bonchev–Trinajstić information content (AvgIpc) is 2.97. The summed E-state index contributed by atoms with van der Waals surface area (Å²) in [7, 11) is 2.03. The zero-order valence-corrected chi connectivity index (χ0v) is 14.0. The first-order valence-corrected chi connectivity index (χ1v) is 8.24. The lowest BCUT2D eigenvalue weighted by molar-refractivity contribution is 0.289. The molecule has 1 N–H and O–H groups in total. The highest BCUT2D eigenvalue weighted by atomic mass is 79.9. The van der Waals surface area contributed by atoms with E-state index in [1.807, 2.05) is 13.1 Å². The molecule has 1 aromatic heterocycles. The molecule has 1 saturated carbocycles. The molecular weight excluding hydrogens is 330 g/mol. The highest BCUT2D eigenvalue weighted by Gasteiger charge is 2.26. The van der Waals surface area contributed by atoms with Crippen LogP contribution in [0.4, 0.5) is 0 Å². The number of rotatable bonds is 3. The van der Waals surface area contributed by atoms with Crippen LogP contribution in [0, 0.1) is 6.92 Å². The van der Waals surface area contributed by atoms with Crippen LogP contribution in [0.1, 0.15) is 43.1 Å². The molecule has 1 heterocycles. The third kappa shape index (κ3) is 3.19. The van der Waals surface area contributed by atoms with E-state index in [9.17, 15) is 0 Å². The molecule has 1 fully saturated rings. The first kappa shape index (κ1) is 14.7. The number of benzene rings is 1. The molecule has 1 aromatic carbocycles. The highest BCUT2D eigenvalue weighted by Crippen LogP contribution is 2.34. The fraction of sp³-hybridized carbons (Fsp3) is 0.500. The van der Waals surface area contributed by atoms with Gasteiger partial charge < -0.3 is 9.84 Å². The van der Waals surface area contributed by atoms with Gasteiger partial charge in [0.05, 0.1) is 0 Å². The van der Waals surface area contributed by atoms with Gasteiger partial charge in [0.1, 0.15) is 0 Å². The fourth-order valence-electron chi connectivity index (χ4n) is 2.94. The van der Waals surface area contributed by atoms with E-state index in [1.54, 1.807) is 0 Å². The van der Waals surface area contributed by atoms with Crippen molar-refractivity contribution in [3.05, 3.63) is 34.1 Å². The molecule has 2 aromatic rings. The maximum absolute atomic E-state index is 5.51. The zero-order chi connectivity index (χ0) is 14.8. The van der Waals surface area contributed by atoms with Crippen molar-refractivity contribution >= 4 is 15.9 Å². The third-order valence-electron chi connectivity index (χ3n) is 4.29. The van der Waals surface area contributed by atoms with Crippen LogP contribution >= 0.6 is 15.9 Å². The predicted octanol–water partition coefficient (Wildman–Crippen LogP) is 4.05. The third-order valence-corrected chi connectivity index (χ3v) is 4.95. The van der Waals surface area contributed by atoms with Crippen LogP contribution in [0.3, 0.4) is 0 Å². The Morgan fingerprint density at radius 1 is 1.24 bits per heavy atom. The lowest BCUT2D eigenvalue weighted by Crippen LogP contribution is -2.29. The van der Waals surface area contributed by atoms with Crippen molar-refractivity contribution in [1.29, 1.82) is 0 Å². The fourth-order valence-corrected chi connectivity index (χ4v) is 3.61. The molecule has 21 heavy (non-hydrogen) atoms. The van der Waals surface area contributed by atoms with E-state index in [0.717, 1.165) is 28.8 Å². The molecule has 0 radical (unpaired) electrons. The van der Waals surface area contributed by atoms with Gasteiger partial charge in [0.2, 0.25) is 11.7 Å². The molecule has 0 saturated heterocycles. The Balaban J connectivity index is 1.77. The number of hydrogen-bond acceptors (Lipinski definition) is 4. The lowest BCUT2D eigenvalue weighted by Gasteiger charge is -2.25. The summed E-state index contributed by atoms with van der Waals surface area (Å²) in [5.41, 5.74) is 2.19. The molecule has 0 amide bonds. The van der Waals surface area contributed by atoms with Crippen LogP contribution in [0.15, 0.2) is 27.2 Å². The largest absolute Gasteiger partial charge is 0.339 e. The van der Waals surface area contributed by atoms with Crippen LogP contribution in [-0.4, -0.2) is 23.2 Å². The highest BCUT2D eigenvalue weighted by molar-refractivity contribution is 9.10. The van der Waals surface area contributed by atoms with Gasteiger partial charge in [0.25, 0.3) is 0 Å². The van der Waals surface area contributed by atoms with Crippen molar-refractivity contribution in [3.63, 3.8) is 0 Å². The van der Waals surface area contributed by atoms with Crippen molar-refractivity contribution in [2.45, 2.75) is 44.6 Å². The normalized spacial score (nSPS) is 22.4.